The van der Waals surface area contributed by atoms with Crippen LogP contribution in [0.5, 0.6) is 0 Å². The molecule has 2 aliphatic rings. The molecule has 298 valence electrons. The van der Waals surface area contributed by atoms with Gasteiger partial charge in [0.25, 0.3) is 0 Å². The molecule has 0 saturated heterocycles. The van der Waals surface area contributed by atoms with Crippen molar-refractivity contribution >= 4 is 99.3 Å². The lowest BCUT2D eigenvalue weighted by molar-refractivity contribution is 0.590. The third-order valence-corrected chi connectivity index (χ3v) is 14.8. The number of thiophene rings is 1. The number of rotatable bonds is 2. The van der Waals surface area contributed by atoms with Crippen LogP contribution in [0.15, 0.2) is 138 Å². The molecule has 12 rings (SSSR count). The van der Waals surface area contributed by atoms with E-state index in [4.69, 9.17) is 4.42 Å². The van der Waals surface area contributed by atoms with E-state index in [0.717, 1.165) is 33.3 Å². The highest BCUT2D eigenvalue weighted by atomic mass is 32.1. The van der Waals surface area contributed by atoms with E-state index in [-0.39, 0.29) is 23.1 Å². The topological polar surface area (TPSA) is 21.3 Å². The average Bonchev–Trinajstić information content (AvgIpc) is 3.91. The summed E-state index contributed by atoms with van der Waals surface area (Å²) in [4.78, 5) is 2.61. The van der Waals surface area contributed by atoms with Crippen molar-refractivity contribution in [3.8, 4) is 22.3 Å². The Bertz CT molecular complexity index is 3490. The fourth-order valence-electron chi connectivity index (χ4n) is 10.4. The van der Waals surface area contributed by atoms with E-state index in [1.165, 1.54) is 86.8 Å². The number of hydrogen-bond acceptors (Lipinski definition) is 3. The average molecular weight is 809 g/mol. The zero-order valence-electron chi connectivity index (χ0n) is 36.5. The Kier molecular flexibility index (Phi) is 7.41. The number of benzene rings is 7. The summed E-state index contributed by atoms with van der Waals surface area (Å²) < 4.78 is 11.2. The van der Waals surface area contributed by atoms with E-state index < -0.39 is 0 Å². The lowest BCUT2D eigenvalue weighted by atomic mass is 9.45. The molecule has 0 aliphatic carbocycles. The van der Waals surface area contributed by atoms with Crippen molar-refractivity contribution < 1.29 is 4.42 Å². The van der Waals surface area contributed by atoms with Crippen LogP contribution in [-0.2, 0) is 16.2 Å². The number of anilines is 3. The van der Waals surface area contributed by atoms with Crippen LogP contribution in [0.3, 0.4) is 0 Å². The zero-order chi connectivity index (χ0) is 41.9. The minimum absolute atomic E-state index is 0.00992. The Labute approximate surface area is 362 Å². The maximum absolute atomic E-state index is 7.20. The predicted octanol–water partition coefficient (Wildman–Crippen LogP) is 14.9. The molecule has 0 bridgehead atoms. The third kappa shape index (κ3) is 5.17. The fraction of sp³-hybridized carbons (Fsp3) is 0.214. The van der Waals surface area contributed by atoms with Crippen molar-refractivity contribution in [2.24, 2.45) is 0 Å². The van der Waals surface area contributed by atoms with Gasteiger partial charge in [-0.2, -0.15) is 0 Å². The summed E-state index contributed by atoms with van der Waals surface area (Å²) in [5, 5.41) is 7.51. The van der Waals surface area contributed by atoms with Gasteiger partial charge in [-0.15, -0.1) is 11.3 Å². The second-order valence-corrected chi connectivity index (χ2v) is 21.6. The third-order valence-electron chi connectivity index (χ3n) is 13.6. The van der Waals surface area contributed by atoms with Gasteiger partial charge in [0.15, 0.2) is 5.58 Å². The van der Waals surface area contributed by atoms with E-state index in [2.05, 4.69) is 205 Å². The Morgan fingerprint density at radius 1 is 0.508 bits per heavy atom. The minimum atomic E-state index is -0.0903. The van der Waals surface area contributed by atoms with E-state index in [1.54, 1.807) is 0 Å². The molecule has 61 heavy (non-hydrogen) atoms. The molecule has 0 amide bonds. The van der Waals surface area contributed by atoms with Gasteiger partial charge >= 0.3 is 6.85 Å². The lowest BCUT2D eigenvalue weighted by Crippen LogP contribution is -2.56. The van der Waals surface area contributed by atoms with Crippen LogP contribution in [0, 0.1) is 0 Å². The maximum Gasteiger partial charge on any atom is 0.334 e. The SMILES string of the molecule is CC(C)(C)c1ccc(N2c3sc4ccccc4c3B3c4c(cc5c(oc6ccccc65)c42)-c2cc(C(C)(C)C)cc4c5cc(C(C)(C)C)ccc5n3c24)c(-c2ccccc2)c1. The van der Waals surface area contributed by atoms with Crippen molar-refractivity contribution in [1.29, 1.82) is 0 Å². The van der Waals surface area contributed by atoms with Gasteiger partial charge in [-0.25, -0.2) is 0 Å². The van der Waals surface area contributed by atoms with Crippen LogP contribution < -0.4 is 15.8 Å². The van der Waals surface area contributed by atoms with Crippen LogP contribution in [0.25, 0.3) is 76.1 Å². The van der Waals surface area contributed by atoms with Gasteiger partial charge in [0.1, 0.15) is 5.58 Å². The first kappa shape index (κ1) is 36.8. The van der Waals surface area contributed by atoms with Crippen molar-refractivity contribution in [3.63, 3.8) is 0 Å². The molecule has 0 fully saturated rings. The summed E-state index contributed by atoms with van der Waals surface area (Å²) in [6.45, 7) is 20.9. The number of furan rings is 1. The Morgan fingerprint density at radius 2 is 1.15 bits per heavy atom. The van der Waals surface area contributed by atoms with Gasteiger partial charge in [0.2, 0.25) is 0 Å². The number of para-hydroxylation sites is 1. The monoisotopic (exact) mass is 808 g/mol. The Hall–Kier alpha value is -6.04. The Morgan fingerprint density at radius 3 is 1.90 bits per heavy atom. The van der Waals surface area contributed by atoms with E-state index in [1.807, 2.05) is 11.3 Å². The first-order valence-electron chi connectivity index (χ1n) is 21.8. The summed E-state index contributed by atoms with van der Waals surface area (Å²) in [6, 6.07) is 50.6. The second kappa shape index (κ2) is 12.3. The largest absolute Gasteiger partial charge is 0.454 e. The highest BCUT2D eigenvalue weighted by Gasteiger charge is 2.47. The van der Waals surface area contributed by atoms with Crippen molar-refractivity contribution in [3.05, 3.63) is 150 Å². The van der Waals surface area contributed by atoms with Gasteiger partial charge < -0.3 is 8.90 Å². The zero-order valence-corrected chi connectivity index (χ0v) is 37.3. The van der Waals surface area contributed by atoms with Gasteiger partial charge in [0.05, 0.1) is 16.4 Å². The first-order chi connectivity index (χ1) is 29.2. The highest BCUT2D eigenvalue weighted by molar-refractivity contribution is 7.26. The first-order valence-corrected chi connectivity index (χ1v) is 22.6. The van der Waals surface area contributed by atoms with E-state index in [9.17, 15) is 0 Å². The molecule has 0 N–H and O–H groups in total. The smallest absolute Gasteiger partial charge is 0.334 e. The van der Waals surface area contributed by atoms with Crippen LogP contribution in [0.1, 0.15) is 79.0 Å². The molecule has 0 unspecified atom stereocenters. The molecule has 3 nitrogen and oxygen atoms in total. The Balaban J connectivity index is 1.31. The number of aromatic nitrogens is 1. The van der Waals surface area contributed by atoms with Gasteiger partial charge in [0, 0.05) is 48.4 Å². The van der Waals surface area contributed by atoms with Gasteiger partial charge in [-0.05, 0) is 115 Å². The van der Waals surface area contributed by atoms with Crippen LogP contribution in [0.2, 0.25) is 0 Å². The molecule has 0 spiro atoms. The van der Waals surface area contributed by atoms with Gasteiger partial charge in [-0.1, -0.05) is 141 Å². The molecule has 10 aromatic rings. The molecular formula is C56H49BN2OS. The summed E-state index contributed by atoms with van der Waals surface area (Å²) >= 11 is 1.91. The fourth-order valence-corrected chi connectivity index (χ4v) is 11.7. The summed E-state index contributed by atoms with van der Waals surface area (Å²) in [5.41, 5.74) is 18.3. The number of nitrogens with zero attached hydrogens (tertiary/aromatic N) is 2. The molecule has 5 heterocycles. The summed E-state index contributed by atoms with van der Waals surface area (Å²) in [7, 11) is 0. The molecule has 0 radical (unpaired) electrons. The lowest BCUT2D eigenvalue weighted by Gasteiger charge is -2.40. The standard InChI is InChI=1S/C56H49BN2OS/c1-54(2,3)33-23-25-44(38(27-33)32-17-11-10-12-18-32)58-51-48-40(31-43-36-19-13-15-21-46(36)60-52(43)51)42-30-35(56(7,8)9)29-41-39-28-34(55(4,5)6)24-26-45(39)59(50(41)42)57(48)49-37-20-14-16-22-47(37)61-53(49)58/h10-31H,1-9H3. The molecule has 5 heteroatoms. The quantitative estimate of drug-likeness (QED) is 0.162. The van der Waals surface area contributed by atoms with E-state index in [0.29, 0.717) is 0 Å². The number of fused-ring (bicyclic) bond motifs is 13. The second-order valence-electron chi connectivity index (χ2n) is 20.6. The normalized spacial score (nSPS) is 13.9. The van der Waals surface area contributed by atoms with Gasteiger partial charge in [-0.3, -0.25) is 4.90 Å². The summed E-state index contributed by atoms with van der Waals surface area (Å²) in [6.07, 6.45) is 0. The molecule has 2 aliphatic heterocycles. The molecule has 0 saturated carbocycles. The van der Waals surface area contributed by atoms with Crippen molar-refractivity contribution in [2.45, 2.75) is 78.6 Å². The molecule has 7 aromatic carbocycles. The van der Waals surface area contributed by atoms with Crippen LogP contribution in [0.4, 0.5) is 16.4 Å². The van der Waals surface area contributed by atoms with Crippen molar-refractivity contribution in [2.75, 3.05) is 4.90 Å². The molecule has 3 aromatic heterocycles. The minimum Gasteiger partial charge on any atom is -0.454 e. The van der Waals surface area contributed by atoms with E-state index >= 15 is 0 Å². The predicted molar refractivity (Wildman–Crippen MR) is 264 cm³/mol. The maximum atomic E-state index is 7.20. The summed E-state index contributed by atoms with van der Waals surface area (Å²) in [5.74, 6) is 0. The van der Waals surface area contributed by atoms with Crippen LogP contribution in [-0.4, -0.2) is 11.3 Å². The molecular weight excluding hydrogens is 760 g/mol. The van der Waals surface area contributed by atoms with Crippen LogP contribution >= 0.6 is 11.3 Å². The van der Waals surface area contributed by atoms with Crippen molar-refractivity contribution in [1.82, 2.24) is 4.48 Å². The highest BCUT2D eigenvalue weighted by Crippen LogP contribution is 2.54. The molecule has 0 atom stereocenters. The number of hydrogen-bond donors (Lipinski definition) is 0.